The van der Waals surface area contributed by atoms with Crippen LogP contribution in [-0.2, 0) is 16.1 Å². The lowest BCUT2D eigenvalue weighted by Gasteiger charge is -2.43. The maximum absolute atomic E-state index is 14.9. The summed E-state index contributed by atoms with van der Waals surface area (Å²) in [6, 6.07) is 6.88. The van der Waals surface area contributed by atoms with E-state index in [4.69, 9.17) is 16.3 Å². The molecule has 7 nitrogen and oxygen atoms in total. The standard InChI is InChI=1S/C29H36ClF5N4O3/c1-4-42-17-25(40)36-15-19-5-7-22(27(32)26(19)31)28(41)37-23-8-6-20(30)14-24(23)39-12-11-38(10-9-29(33,34)35)21(16-39)13-18(2)3/h5-8,14,18,21H,4,9-13,15-17H2,1-3H3,(H,36,40)(H,37,41)/t21-/m0/s1. The number of carbonyl (C=O) groups is 2. The molecule has 0 spiro atoms. The van der Waals surface area contributed by atoms with E-state index in [-0.39, 0.29) is 37.2 Å². The van der Waals surface area contributed by atoms with Crippen molar-refractivity contribution in [2.45, 2.75) is 52.4 Å². The molecule has 1 aliphatic rings. The van der Waals surface area contributed by atoms with Crippen molar-refractivity contribution in [2.24, 2.45) is 5.92 Å². The molecule has 1 aliphatic heterocycles. The van der Waals surface area contributed by atoms with E-state index < -0.39 is 41.6 Å². The summed E-state index contributed by atoms with van der Waals surface area (Å²) in [5.41, 5.74) is 0.145. The number of nitrogens with zero attached hydrogens (tertiary/aromatic N) is 2. The fourth-order valence-corrected chi connectivity index (χ4v) is 5.01. The SMILES string of the molecule is CCOCC(=O)NCc1ccc(C(=O)Nc2ccc(Cl)cc2N2CCN(CCC(F)(F)F)[C@@H](CC(C)C)C2)c(F)c1F. The van der Waals surface area contributed by atoms with E-state index in [2.05, 4.69) is 10.6 Å². The van der Waals surface area contributed by atoms with Crippen LogP contribution in [0.5, 0.6) is 0 Å². The van der Waals surface area contributed by atoms with E-state index in [9.17, 15) is 31.5 Å². The summed E-state index contributed by atoms with van der Waals surface area (Å²) >= 11 is 6.26. The fourth-order valence-electron chi connectivity index (χ4n) is 4.85. The van der Waals surface area contributed by atoms with Crippen molar-refractivity contribution in [3.05, 3.63) is 58.1 Å². The number of nitrogens with one attached hydrogen (secondary N) is 2. The first kappa shape index (κ1) is 33.5. The first-order valence-electron chi connectivity index (χ1n) is 13.8. The van der Waals surface area contributed by atoms with Crippen molar-refractivity contribution >= 4 is 34.8 Å². The van der Waals surface area contributed by atoms with Gasteiger partial charge in [-0.15, -0.1) is 0 Å². The van der Waals surface area contributed by atoms with E-state index in [1.807, 2.05) is 23.6 Å². The van der Waals surface area contributed by atoms with Crippen molar-refractivity contribution in [3.63, 3.8) is 0 Å². The monoisotopic (exact) mass is 618 g/mol. The molecular weight excluding hydrogens is 583 g/mol. The van der Waals surface area contributed by atoms with E-state index in [0.29, 0.717) is 49.1 Å². The Bertz CT molecular complexity index is 1240. The average Bonchev–Trinajstić information content (AvgIpc) is 2.92. The van der Waals surface area contributed by atoms with Crippen LogP contribution in [0.2, 0.25) is 5.02 Å². The summed E-state index contributed by atoms with van der Waals surface area (Å²) in [6.45, 7) is 6.57. The molecule has 1 saturated heterocycles. The van der Waals surface area contributed by atoms with Gasteiger partial charge in [0.25, 0.3) is 5.91 Å². The molecule has 0 saturated carbocycles. The highest BCUT2D eigenvalue weighted by molar-refractivity contribution is 6.31. The van der Waals surface area contributed by atoms with E-state index in [1.165, 1.54) is 12.1 Å². The van der Waals surface area contributed by atoms with Gasteiger partial charge in [-0.2, -0.15) is 13.2 Å². The maximum atomic E-state index is 14.9. The minimum atomic E-state index is -4.26. The number of amides is 2. The zero-order chi connectivity index (χ0) is 31.0. The van der Waals surface area contributed by atoms with Gasteiger partial charge in [0.2, 0.25) is 5.91 Å². The first-order valence-corrected chi connectivity index (χ1v) is 14.1. The molecule has 3 rings (SSSR count). The van der Waals surface area contributed by atoms with Crippen molar-refractivity contribution in [1.29, 1.82) is 0 Å². The van der Waals surface area contributed by atoms with Gasteiger partial charge in [0.15, 0.2) is 11.6 Å². The van der Waals surface area contributed by atoms with Gasteiger partial charge in [0.05, 0.1) is 23.4 Å². The van der Waals surface area contributed by atoms with Crippen LogP contribution in [0.4, 0.5) is 33.3 Å². The quantitative estimate of drug-likeness (QED) is 0.285. The van der Waals surface area contributed by atoms with Crippen LogP contribution >= 0.6 is 11.6 Å². The third kappa shape index (κ3) is 9.53. The van der Waals surface area contributed by atoms with E-state index >= 15 is 0 Å². The van der Waals surface area contributed by atoms with Gasteiger partial charge in [-0.25, -0.2) is 8.78 Å². The number of hydrogen-bond donors (Lipinski definition) is 2. The Balaban J connectivity index is 1.77. The molecular formula is C29H36ClF5N4O3. The summed E-state index contributed by atoms with van der Waals surface area (Å²) < 4.78 is 73.5. The van der Waals surface area contributed by atoms with Gasteiger partial charge in [0.1, 0.15) is 6.61 Å². The minimum Gasteiger partial charge on any atom is -0.372 e. The third-order valence-electron chi connectivity index (χ3n) is 6.90. The lowest BCUT2D eigenvalue weighted by molar-refractivity contribution is -0.139. The lowest BCUT2D eigenvalue weighted by Crippen LogP contribution is -2.54. The number of hydrogen-bond acceptors (Lipinski definition) is 5. The third-order valence-corrected chi connectivity index (χ3v) is 7.13. The summed E-state index contributed by atoms with van der Waals surface area (Å²) in [6.07, 6.45) is -4.49. The van der Waals surface area contributed by atoms with Crippen molar-refractivity contribution < 1.29 is 36.3 Å². The molecule has 2 aromatic carbocycles. The van der Waals surface area contributed by atoms with Gasteiger partial charge in [0, 0.05) is 56.0 Å². The van der Waals surface area contributed by atoms with Crippen LogP contribution < -0.4 is 15.5 Å². The highest BCUT2D eigenvalue weighted by atomic mass is 35.5. The maximum Gasteiger partial charge on any atom is 0.390 e. The molecule has 0 aliphatic carbocycles. The van der Waals surface area contributed by atoms with Gasteiger partial charge >= 0.3 is 6.18 Å². The predicted molar refractivity (Wildman–Crippen MR) is 152 cm³/mol. The molecule has 232 valence electrons. The van der Waals surface area contributed by atoms with Gasteiger partial charge in [-0.1, -0.05) is 31.5 Å². The molecule has 13 heteroatoms. The molecule has 2 N–H and O–H groups in total. The second kappa shape index (κ2) is 15.0. The summed E-state index contributed by atoms with van der Waals surface area (Å²) in [5.74, 6) is -3.78. The number of alkyl halides is 3. The number of carbonyl (C=O) groups excluding carboxylic acids is 2. The normalized spacial score (nSPS) is 16.1. The van der Waals surface area contributed by atoms with Crippen molar-refractivity contribution in [1.82, 2.24) is 10.2 Å². The summed E-state index contributed by atoms with van der Waals surface area (Å²) in [7, 11) is 0. The molecule has 2 amide bonds. The minimum absolute atomic E-state index is 0.106. The van der Waals surface area contributed by atoms with E-state index in [1.54, 1.807) is 19.1 Å². The Kier molecular flexibility index (Phi) is 12.0. The van der Waals surface area contributed by atoms with Gasteiger partial charge < -0.3 is 20.3 Å². The summed E-state index contributed by atoms with van der Waals surface area (Å²) in [4.78, 5) is 28.6. The molecule has 1 fully saturated rings. The number of ether oxygens (including phenoxy) is 1. The number of anilines is 2. The molecule has 0 bridgehead atoms. The van der Waals surface area contributed by atoms with Crippen LogP contribution in [-0.4, -0.2) is 68.3 Å². The summed E-state index contributed by atoms with van der Waals surface area (Å²) in [5, 5.41) is 5.43. The van der Waals surface area contributed by atoms with Gasteiger partial charge in [-0.3, -0.25) is 14.5 Å². The Morgan fingerprint density at radius 2 is 1.86 bits per heavy atom. The number of benzene rings is 2. The molecule has 42 heavy (non-hydrogen) atoms. The zero-order valence-electron chi connectivity index (χ0n) is 23.8. The number of rotatable bonds is 12. The second-order valence-corrected chi connectivity index (χ2v) is 11.0. The van der Waals surface area contributed by atoms with Crippen LogP contribution in [0.25, 0.3) is 0 Å². The molecule has 2 aromatic rings. The smallest absolute Gasteiger partial charge is 0.372 e. The Labute approximate surface area is 247 Å². The van der Waals surface area contributed by atoms with E-state index in [0.717, 1.165) is 6.07 Å². The molecule has 1 heterocycles. The molecule has 0 radical (unpaired) electrons. The fraction of sp³-hybridized carbons (Fsp3) is 0.517. The molecule has 1 atom stereocenters. The average molecular weight is 619 g/mol. The highest BCUT2D eigenvalue weighted by Gasteiger charge is 2.33. The Hall–Kier alpha value is -2.96. The zero-order valence-corrected chi connectivity index (χ0v) is 24.5. The van der Waals surface area contributed by atoms with Crippen LogP contribution in [0.15, 0.2) is 30.3 Å². The number of piperazine rings is 1. The Morgan fingerprint density at radius 3 is 2.52 bits per heavy atom. The van der Waals surface area contributed by atoms with Gasteiger partial charge in [-0.05, 0) is 43.5 Å². The first-order chi connectivity index (χ1) is 19.8. The van der Waals surface area contributed by atoms with Crippen LogP contribution in [0.3, 0.4) is 0 Å². The molecule has 0 aromatic heterocycles. The van der Waals surface area contributed by atoms with Crippen molar-refractivity contribution in [2.75, 3.05) is 49.6 Å². The molecule has 0 unspecified atom stereocenters. The predicted octanol–water partition coefficient (Wildman–Crippen LogP) is 6.01. The topological polar surface area (TPSA) is 73.9 Å². The highest BCUT2D eigenvalue weighted by Crippen LogP contribution is 2.33. The van der Waals surface area contributed by atoms with Crippen molar-refractivity contribution in [3.8, 4) is 0 Å². The van der Waals surface area contributed by atoms with Crippen LogP contribution in [0, 0.1) is 17.6 Å². The Morgan fingerprint density at radius 1 is 1.12 bits per heavy atom. The largest absolute Gasteiger partial charge is 0.390 e. The van der Waals surface area contributed by atoms with Crippen LogP contribution in [0.1, 0.15) is 49.5 Å². The lowest BCUT2D eigenvalue weighted by atomic mass is 9.99. The number of halogens is 6. The second-order valence-electron chi connectivity index (χ2n) is 10.6.